The van der Waals surface area contributed by atoms with Gasteiger partial charge in [-0.1, -0.05) is 35.8 Å². The molecule has 116 valence electrons. The maximum Gasteiger partial charge on any atom is 0.255 e. The van der Waals surface area contributed by atoms with E-state index in [2.05, 4.69) is 15.5 Å². The number of carbonyl (C=O) groups is 1. The lowest BCUT2D eigenvalue weighted by Crippen LogP contribution is -2.11. The standard InChI is InChI=1S/C17H14ClN3O2/c1-2-15-20-16(21-23-15)11-3-5-12(6-4-11)17(22)19-14-9-7-13(18)8-10-14/h3-10H,2H2,1H3,(H,19,22). The molecule has 1 aromatic heterocycles. The van der Waals surface area contributed by atoms with Crippen LogP contribution in [0.1, 0.15) is 23.2 Å². The number of nitrogens with one attached hydrogen (secondary N) is 1. The number of carbonyl (C=O) groups excluding carboxylic acids is 1. The first-order valence-corrected chi connectivity index (χ1v) is 7.53. The van der Waals surface area contributed by atoms with Gasteiger partial charge >= 0.3 is 0 Å². The molecule has 0 spiro atoms. The maximum absolute atomic E-state index is 12.2. The van der Waals surface area contributed by atoms with Crippen LogP contribution < -0.4 is 5.32 Å². The zero-order valence-electron chi connectivity index (χ0n) is 12.4. The summed E-state index contributed by atoms with van der Waals surface area (Å²) in [6.07, 6.45) is 0.689. The third-order valence-corrected chi connectivity index (χ3v) is 3.53. The van der Waals surface area contributed by atoms with Gasteiger partial charge in [0.2, 0.25) is 11.7 Å². The fourth-order valence-corrected chi connectivity index (χ4v) is 2.15. The Bertz CT molecular complexity index is 811. The molecule has 6 heteroatoms. The first-order chi connectivity index (χ1) is 11.2. The van der Waals surface area contributed by atoms with Crippen LogP contribution in [0.25, 0.3) is 11.4 Å². The van der Waals surface area contributed by atoms with Crippen molar-refractivity contribution in [2.24, 2.45) is 0 Å². The molecule has 0 aliphatic rings. The molecule has 0 aliphatic carbocycles. The van der Waals surface area contributed by atoms with Crippen molar-refractivity contribution in [1.82, 2.24) is 10.1 Å². The van der Waals surface area contributed by atoms with Crippen LogP contribution in [-0.2, 0) is 6.42 Å². The third kappa shape index (κ3) is 3.57. The van der Waals surface area contributed by atoms with Crippen molar-refractivity contribution >= 4 is 23.2 Å². The third-order valence-electron chi connectivity index (χ3n) is 3.28. The van der Waals surface area contributed by atoms with Crippen LogP contribution >= 0.6 is 11.6 Å². The second kappa shape index (κ2) is 6.62. The lowest BCUT2D eigenvalue weighted by atomic mass is 10.1. The van der Waals surface area contributed by atoms with Crippen LogP contribution in [0.15, 0.2) is 53.1 Å². The molecule has 0 bridgehead atoms. The molecule has 0 radical (unpaired) electrons. The second-order valence-corrected chi connectivity index (χ2v) is 5.34. The fraction of sp³-hybridized carbons (Fsp3) is 0.118. The highest BCUT2D eigenvalue weighted by molar-refractivity contribution is 6.30. The van der Waals surface area contributed by atoms with Crippen molar-refractivity contribution in [2.45, 2.75) is 13.3 Å². The minimum atomic E-state index is -0.193. The van der Waals surface area contributed by atoms with Crippen LogP contribution in [0.4, 0.5) is 5.69 Å². The molecular weight excluding hydrogens is 314 g/mol. The van der Waals surface area contributed by atoms with E-state index in [-0.39, 0.29) is 5.91 Å². The van der Waals surface area contributed by atoms with E-state index < -0.39 is 0 Å². The average Bonchev–Trinajstić information content (AvgIpc) is 3.06. The first kappa shape index (κ1) is 15.2. The fourth-order valence-electron chi connectivity index (χ4n) is 2.02. The summed E-state index contributed by atoms with van der Waals surface area (Å²) in [5.41, 5.74) is 2.04. The molecule has 3 rings (SSSR count). The van der Waals surface area contributed by atoms with Gasteiger partial charge in [0.15, 0.2) is 0 Å². The Morgan fingerprint density at radius 2 is 1.83 bits per heavy atom. The monoisotopic (exact) mass is 327 g/mol. The van der Waals surface area contributed by atoms with Gasteiger partial charge in [-0.2, -0.15) is 4.98 Å². The van der Waals surface area contributed by atoms with Crippen molar-refractivity contribution in [3.8, 4) is 11.4 Å². The molecule has 1 N–H and O–H groups in total. The predicted octanol–water partition coefficient (Wildman–Crippen LogP) is 4.20. The maximum atomic E-state index is 12.2. The highest BCUT2D eigenvalue weighted by atomic mass is 35.5. The quantitative estimate of drug-likeness (QED) is 0.779. The molecule has 0 saturated heterocycles. The molecule has 0 saturated carbocycles. The van der Waals surface area contributed by atoms with Gasteiger partial charge in [0, 0.05) is 28.3 Å². The SMILES string of the molecule is CCc1nc(-c2ccc(C(=O)Nc3ccc(Cl)cc3)cc2)no1. The van der Waals surface area contributed by atoms with Crippen LogP contribution in [-0.4, -0.2) is 16.0 Å². The number of nitrogens with zero attached hydrogens (tertiary/aromatic N) is 2. The van der Waals surface area contributed by atoms with Gasteiger partial charge in [0.05, 0.1) is 0 Å². The van der Waals surface area contributed by atoms with E-state index in [9.17, 15) is 4.79 Å². The Morgan fingerprint density at radius 1 is 1.13 bits per heavy atom. The van der Waals surface area contributed by atoms with Crippen LogP contribution in [0, 0.1) is 0 Å². The smallest absolute Gasteiger partial charge is 0.255 e. The molecule has 1 amide bonds. The van der Waals surface area contributed by atoms with Gasteiger partial charge in [-0.05, 0) is 36.4 Å². The average molecular weight is 328 g/mol. The Balaban J connectivity index is 1.73. The van der Waals surface area contributed by atoms with Crippen molar-refractivity contribution in [1.29, 1.82) is 0 Å². The zero-order valence-corrected chi connectivity index (χ0v) is 13.2. The lowest BCUT2D eigenvalue weighted by Gasteiger charge is -2.05. The molecule has 0 fully saturated rings. The van der Waals surface area contributed by atoms with E-state index >= 15 is 0 Å². The number of benzene rings is 2. The van der Waals surface area contributed by atoms with Gasteiger partial charge in [0.1, 0.15) is 0 Å². The van der Waals surface area contributed by atoms with Crippen LogP contribution in [0.2, 0.25) is 5.02 Å². The van der Waals surface area contributed by atoms with Crippen LogP contribution in [0.3, 0.4) is 0 Å². The summed E-state index contributed by atoms with van der Waals surface area (Å²) in [5, 5.41) is 7.34. The molecular formula is C17H14ClN3O2. The minimum Gasteiger partial charge on any atom is -0.339 e. The van der Waals surface area contributed by atoms with Crippen molar-refractivity contribution in [3.05, 3.63) is 65.0 Å². The molecule has 0 unspecified atom stereocenters. The predicted molar refractivity (Wildman–Crippen MR) is 88.5 cm³/mol. The number of halogens is 1. The summed E-state index contributed by atoms with van der Waals surface area (Å²) in [5.74, 6) is 0.914. The topological polar surface area (TPSA) is 68.0 Å². The number of aromatic nitrogens is 2. The van der Waals surface area contributed by atoms with Crippen molar-refractivity contribution in [2.75, 3.05) is 5.32 Å². The van der Waals surface area contributed by atoms with E-state index in [0.29, 0.717) is 34.4 Å². The molecule has 0 atom stereocenters. The minimum absolute atomic E-state index is 0.193. The van der Waals surface area contributed by atoms with E-state index in [1.165, 1.54) is 0 Å². The summed E-state index contributed by atoms with van der Waals surface area (Å²) >= 11 is 5.82. The summed E-state index contributed by atoms with van der Waals surface area (Å²) in [6, 6.07) is 14.0. The largest absolute Gasteiger partial charge is 0.339 e. The Hall–Kier alpha value is -2.66. The Morgan fingerprint density at radius 3 is 2.43 bits per heavy atom. The molecule has 23 heavy (non-hydrogen) atoms. The molecule has 1 heterocycles. The second-order valence-electron chi connectivity index (χ2n) is 4.90. The van der Waals surface area contributed by atoms with Crippen molar-refractivity contribution < 1.29 is 9.32 Å². The van der Waals surface area contributed by atoms with Gasteiger partial charge in [-0.3, -0.25) is 4.79 Å². The number of aryl methyl sites for hydroxylation is 1. The number of hydrogen-bond donors (Lipinski definition) is 1. The van der Waals surface area contributed by atoms with Crippen LogP contribution in [0.5, 0.6) is 0 Å². The van der Waals surface area contributed by atoms with E-state index in [1.807, 2.05) is 6.92 Å². The number of hydrogen-bond acceptors (Lipinski definition) is 4. The molecule has 5 nitrogen and oxygen atoms in total. The van der Waals surface area contributed by atoms with Gasteiger partial charge in [-0.25, -0.2) is 0 Å². The summed E-state index contributed by atoms with van der Waals surface area (Å²) < 4.78 is 5.08. The summed E-state index contributed by atoms with van der Waals surface area (Å²) in [6.45, 7) is 1.95. The van der Waals surface area contributed by atoms with E-state index in [4.69, 9.17) is 16.1 Å². The lowest BCUT2D eigenvalue weighted by molar-refractivity contribution is 0.102. The van der Waals surface area contributed by atoms with Gasteiger partial charge < -0.3 is 9.84 Å². The van der Waals surface area contributed by atoms with Gasteiger partial charge in [-0.15, -0.1) is 0 Å². The Labute approximate surface area is 138 Å². The van der Waals surface area contributed by atoms with Gasteiger partial charge in [0.25, 0.3) is 5.91 Å². The normalized spacial score (nSPS) is 10.5. The number of anilines is 1. The van der Waals surface area contributed by atoms with E-state index in [1.54, 1.807) is 48.5 Å². The number of amides is 1. The molecule has 3 aromatic rings. The van der Waals surface area contributed by atoms with E-state index in [0.717, 1.165) is 5.56 Å². The molecule has 2 aromatic carbocycles. The first-order valence-electron chi connectivity index (χ1n) is 7.15. The summed E-state index contributed by atoms with van der Waals surface area (Å²) in [4.78, 5) is 16.5. The summed E-state index contributed by atoms with van der Waals surface area (Å²) in [7, 11) is 0. The molecule has 0 aliphatic heterocycles. The highest BCUT2D eigenvalue weighted by Gasteiger charge is 2.10. The zero-order chi connectivity index (χ0) is 16.2. The number of rotatable bonds is 4. The Kier molecular flexibility index (Phi) is 4.39. The van der Waals surface area contributed by atoms with Crippen molar-refractivity contribution in [3.63, 3.8) is 0 Å². The highest BCUT2D eigenvalue weighted by Crippen LogP contribution is 2.18.